The number of hydrogen-bond acceptors (Lipinski definition) is 4. The maximum absolute atomic E-state index is 13.8. The molecule has 1 aromatic heterocycles. The van der Waals surface area contributed by atoms with Gasteiger partial charge < -0.3 is 10.1 Å². The molecule has 4 nitrogen and oxygen atoms in total. The molecule has 0 amide bonds. The van der Waals surface area contributed by atoms with Crippen molar-refractivity contribution in [1.29, 1.82) is 0 Å². The van der Waals surface area contributed by atoms with E-state index in [2.05, 4.69) is 64.9 Å². The number of pyridine rings is 1. The normalized spacial score (nSPS) is 19.4. The number of nitrogens with one attached hydrogen (secondary N) is 1. The minimum absolute atomic E-state index is 0.173. The van der Waals surface area contributed by atoms with Crippen LogP contribution in [-0.2, 0) is 4.79 Å². The number of rotatable bonds is 4. The summed E-state index contributed by atoms with van der Waals surface area (Å²) < 4.78 is 5.64. The first-order valence-electron chi connectivity index (χ1n) is 11.9. The number of carbonyl (C=O) groups excluding carboxylic acids is 1. The second kappa shape index (κ2) is 8.45. The van der Waals surface area contributed by atoms with Crippen LogP contribution in [0.5, 0.6) is 5.75 Å². The molecular formula is C30H26N2O2. The summed E-state index contributed by atoms with van der Waals surface area (Å²) in [4.78, 5) is 18.4. The molecule has 0 bridgehead atoms. The number of hydrogen-bond donors (Lipinski definition) is 1. The van der Waals surface area contributed by atoms with Crippen molar-refractivity contribution in [2.45, 2.75) is 31.7 Å². The summed E-state index contributed by atoms with van der Waals surface area (Å²) in [5.41, 5.74) is 7.45. The number of carbonyl (C=O) groups is 1. The zero-order valence-electron chi connectivity index (χ0n) is 19.1. The van der Waals surface area contributed by atoms with E-state index in [0.29, 0.717) is 13.0 Å². The van der Waals surface area contributed by atoms with Crippen molar-refractivity contribution in [3.63, 3.8) is 0 Å². The maximum atomic E-state index is 13.8. The molecular weight excluding hydrogens is 420 g/mol. The smallest absolute Gasteiger partial charge is 0.162 e. The number of allylic oxidation sites excluding steroid dienone is 1. The first kappa shape index (κ1) is 20.7. The lowest BCUT2D eigenvalue weighted by molar-refractivity contribution is -0.116. The van der Waals surface area contributed by atoms with Crippen molar-refractivity contribution >= 4 is 27.9 Å². The third-order valence-corrected chi connectivity index (χ3v) is 6.98. The lowest BCUT2D eigenvalue weighted by Crippen LogP contribution is -2.29. The lowest BCUT2D eigenvalue weighted by atomic mass is 9.72. The summed E-state index contributed by atoms with van der Waals surface area (Å²) >= 11 is 0. The number of fused-ring (bicyclic) bond motifs is 4. The molecule has 0 saturated heterocycles. The number of aromatic nitrogens is 1. The van der Waals surface area contributed by atoms with E-state index in [-0.39, 0.29) is 17.7 Å². The zero-order valence-corrected chi connectivity index (χ0v) is 19.1. The number of ether oxygens (including phenoxy) is 1. The minimum Gasteiger partial charge on any atom is -0.494 e. The van der Waals surface area contributed by atoms with Crippen LogP contribution in [0.2, 0.25) is 0 Å². The van der Waals surface area contributed by atoms with Gasteiger partial charge in [0.15, 0.2) is 5.78 Å². The standard InChI is InChI=1S/C30H26N2O2/c1-2-34-22-12-10-20(11-13-22)30-29-24(17-21(18-27(29)33)19-7-4-3-5-8-19)28-23-9-6-16-31-25(23)14-15-26(28)32-30/h3-16,21,30,32H,2,17-18H2,1H3/t21-,30-/m0/s1. The fourth-order valence-corrected chi connectivity index (χ4v) is 5.46. The molecule has 0 unspecified atom stereocenters. The SMILES string of the molecule is CCOc1ccc([C@@H]2Nc3ccc4ncccc4c3C3=C2C(=O)C[C@@H](c2ccccc2)C3)cc1. The Bertz CT molecular complexity index is 1410. The van der Waals surface area contributed by atoms with E-state index >= 15 is 0 Å². The van der Waals surface area contributed by atoms with Gasteiger partial charge in [-0.05, 0) is 66.3 Å². The first-order valence-corrected chi connectivity index (χ1v) is 11.9. The summed E-state index contributed by atoms with van der Waals surface area (Å²) in [6.07, 6.45) is 3.18. The molecule has 168 valence electrons. The molecule has 0 spiro atoms. The molecule has 2 atom stereocenters. The first-order chi connectivity index (χ1) is 16.7. The summed E-state index contributed by atoms with van der Waals surface area (Å²) in [6.45, 7) is 2.61. The molecule has 3 aromatic carbocycles. The summed E-state index contributed by atoms with van der Waals surface area (Å²) in [6, 6.07) is 26.6. The van der Waals surface area contributed by atoms with E-state index < -0.39 is 0 Å². The number of benzene rings is 3. The summed E-state index contributed by atoms with van der Waals surface area (Å²) in [7, 11) is 0. The zero-order chi connectivity index (χ0) is 23.1. The Morgan fingerprint density at radius 1 is 0.912 bits per heavy atom. The molecule has 1 N–H and O–H groups in total. The predicted molar refractivity (Wildman–Crippen MR) is 136 cm³/mol. The van der Waals surface area contributed by atoms with E-state index in [1.807, 2.05) is 37.4 Å². The number of ketones is 1. The molecule has 4 heteroatoms. The Morgan fingerprint density at radius 2 is 1.74 bits per heavy atom. The Kier molecular flexibility index (Phi) is 5.14. The lowest BCUT2D eigenvalue weighted by Gasteiger charge is -2.37. The van der Waals surface area contributed by atoms with E-state index in [4.69, 9.17) is 4.74 Å². The van der Waals surface area contributed by atoms with Gasteiger partial charge in [-0.3, -0.25) is 9.78 Å². The van der Waals surface area contributed by atoms with Crippen molar-refractivity contribution in [2.75, 3.05) is 11.9 Å². The van der Waals surface area contributed by atoms with Gasteiger partial charge in [0.1, 0.15) is 5.75 Å². The quantitative estimate of drug-likeness (QED) is 0.379. The third-order valence-electron chi connectivity index (χ3n) is 6.98. The molecule has 2 heterocycles. The molecule has 1 aliphatic heterocycles. The number of nitrogens with zero attached hydrogens (tertiary/aromatic N) is 1. The molecule has 1 aliphatic carbocycles. The highest BCUT2D eigenvalue weighted by Crippen LogP contribution is 2.50. The fourth-order valence-electron chi connectivity index (χ4n) is 5.46. The summed E-state index contributed by atoms with van der Waals surface area (Å²) in [5, 5.41) is 4.78. The molecule has 0 saturated carbocycles. The molecule has 0 radical (unpaired) electrons. The number of anilines is 1. The largest absolute Gasteiger partial charge is 0.494 e. The van der Waals surface area contributed by atoms with Crippen molar-refractivity contribution in [3.05, 3.63) is 107 Å². The Labute approximate surface area is 199 Å². The highest BCUT2D eigenvalue weighted by atomic mass is 16.5. The van der Waals surface area contributed by atoms with Crippen LogP contribution in [0.15, 0.2) is 90.6 Å². The van der Waals surface area contributed by atoms with Gasteiger partial charge in [-0.15, -0.1) is 0 Å². The highest BCUT2D eigenvalue weighted by molar-refractivity contribution is 6.12. The van der Waals surface area contributed by atoms with Gasteiger partial charge in [0.2, 0.25) is 0 Å². The van der Waals surface area contributed by atoms with Crippen LogP contribution in [0, 0.1) is 0 Å². The van der Waals surface area contributed by atoms with Crippen LogP contribution in [0.1, 0.15) is 48.4 Å². The van der Waals surface area contributed by atoms with E-state index in [1.165, 1.54) is 5.56 Å². The highest BCUT2D eigenvalue weighted by Gasteiger charge is 2.38. The van der Waals surface area contributed by atoms with Crippen LogP contribution in [0.25, 0.3) is 16.5 Å². The minimum atomic E-state index is -0.184. The van der Waals surface area contributed by atoms with E-state index in [0.717, 1.165) is 51.0 Å². The van der Waals surface area contributed by atoms with Crippen molar-refractivity contribution < 1.29 is 9.53 Å². The third kappa shape index (κ3) is 3.47. The monoisotopic (exact) mass is 446 g/mol. The van der Waals surface area contributed by atoms with E-state index in [9.17, 15) is 4.79 Å². The second-order valence-electron chi connectivity index (χ2n) is 8.97. The van der Waals surface area contributed by atoms with Crippen LogP contribution in [-0.4, -0.2) is 17.4 Å². The molecule has 34 heavy (non-hydrogen) atoms. The number of Topliss-reactive ketones (excluding diaryl/α,β-unsaturated/α-hetero) is 1. The van der Waals surface area contributed by atoms with Gasteiger partial charge in [0.05, 0.1) is 18.2 Å². The van der Waals surface area contributed by atoms with Crippen LogP contribution in [0.3, 0.4) is 0 Å². The van der Waals surface area contributed by atoms with Crippen LogP contribution in [0.4, 0.5) is 5.69 Å². The van der Waals surface area contributed by atoms with Gasteiger partial charge in [0, 0.05) is 34.8 Å². The molecule has 6 rings (SSSR count). The van der Waals surface area contributed by atoms with Gasteiger partial charge in [-0.2, -0.15) is 0 Å². The van der Waals surface area contributed by atoms with Crippen LogP contribution >= 0.6 is 0 Å². The average Bonchev–Trinajstić information content (AvgIpc) is 2.89. The maximum Gasteiger partial charge on any atom is 0.162 e. The molecule has 0 fully saturated rings. The Hall–Kier alpha value is -3.92. The predicted octanol–water partition coefficient (Wildman–Crippen LogP) is 6.70. The fraction of sp³-hybridized carbons (Fsp3) is 0.200. The van der Waals surface area contributed by atoms with Crippen molar-refractivity contribution in [1.82, 2.24) is 4.98 Å². The Balaban J connectivity index is 1.53. The van der Waals surface area contributed by atoms with Gasteiger partial charge in [-0.25, -0.2) is 0 Å². The van der Waals surface area contributed by atoms with Gasteiger partial charge in [0.25, 0.3) is 0 Å². The van der Waals surface area contributed by atoms with Crippen LogP contribution < -0.4 is 10.1 Å². The second-order valence-corrected chi connectivity index (χ2v) is 8.97. The summed E-state index contributed by atoms with van der Waals surface area (Å²) in [5.74, 6) is 1.23. The molecule has 4 aromatic rings. The Morgan fingerprint density at radius 3 is 2.53 bits per heavy atom. The van der Waals surface area contributed by atoms with Gasteiger partial charge in [-0.1, -0.05) is 48.5 Å². The van der Waals surface area contributed by atoms with Crippen molar-refractivity contribution in [2.24, 2.45) is 0 Å². The van der Waals surface area contributed by atoms with E-state index in [1.54, 1.807) is 0 Å². The van der Waals surface area contributed by atoms with Gasteiger partial charge >= 0.3 is 0 Å². The van der Waals surface area contributed by atoms with Crippen molar-refractivity contribution in [3.8, 4) is 5.75 Å². The molecule has 2 aliphatic rings. The topological polar surface area (TPSA) is 51.2 Å². The average molecular weight is 447 g/mol.